The van der Waals surface area contributed by atoms with Crippen molar-refractivity contribution in [3.63, 3.8) is 0 Å². The van der Waals surface area contributed by atoms with Crippen LogP contribution < -0.4 is 4.90 Å². The third-order valence-corrected chi connectivity index (χ3v) is 4.84. The number of halogens is 1. The molecule has 4 rings (SSSR count). The SMILES string of the molecule is O=C(Cc1c[nH]c2ccccc12)N1CCN(c2ccc(F)cc2)CC1. The van der Waals surface area contributed by atoms with Crippen LogP contribution in [0, 0.1) is 5.82 Å². The van der Waals surface area contributed by atoms with Crippen molar-refractivity contribution in [3.05, 3.63) is 66.1 Å². The van der Waals surface area contributed by atoms with Gasteiger partial charge in [-0.25, -0.2) is 4.39 Å². The molecule has 0 saturated carbocycles. The highest BCUT2D eigenvalue weighted by molar-refractivity contribution is 5.89. The van der Waals surface area contributed by atoms with Crippen LogP contribution in [0.1, 0.15) is 5.56 Å². The number of para-hydroxylation sites is 1. The number of aromatic nitrogens is 1. The topological polar surface area (TPSA) is 39.3 Å². The molecule has 2 heterocycles. The van der Waals surface area contributed by atoms with E-state index in [-0.39, 0.29) is 11.7 Å². The summed E-state index contributed by atoms with van der Waals surface area (Å²) in [4.78, 5) is 20.0. The molecule has 1 aliphatic heterocycles. The molecule has 1 saturated heterocycles. The molecular weight excluding hydrogens is 317 g/mol. The number of fused-ring (bicyclic) bond motifs is 1. The molecule has 5 heteroatoms. The molecular formula is C20H20FN3O. The summed E-state index contributed by atoms with van der Waals surface area (Å²) in [7, 11) is 0. The molecule has 3 aromatic rings. The van der Waals surface area contributed by atoms with E-state index in [0.29, 0.717) is 19.5 Å². The van der Waals surface area contributed by atoms with Crippen LogP contribution in [0.25, 0.3) is 10.9 Å². The van der Waals surface area contributed by atoms with E-state index in [1.807, 2.05) is 35.4 Å². The van der Waals surface area contributed by atoms with E-state index >= 15 is 0 Å². The maximum absolute atomic E-state index is 13.0. The van der Waals surface area contributed by atoms with Crippen LogP contribution in [-0.4, -0.2) is 42.0 Å². The minimum absolute atomic E-state index is 0.156. The zero-order valence-corrected chi connectivity index (χ0v) is 13.9. The van der Waals surface area contributed by atoms with Gasteiger partial charge in [0.25, 0.3) is 0 Å². The van der Waals surface area contributed by atoms with Crippen molar-refractivity contribution in [1.82, 2.24) is 9.88 Å². The van der Waals surface area contributed by atoms with Gasteiger partial charge in [-0.05, 0) is 35.9 Å². The highest BCUT2D eigenvalue weighted by Gasteiger charge is 2.22. The first-order valence-corrected chi connectivity index (χ1v) is 8.54. The van der Waals surface area contributed by atoms with Crippen molar-refractivity contribution >= 4 is 22.5 Å². The first-order valence-electron chi connectivity index (χ1n) is 8.54. The summed E-state index contributed by atoms with van der Waals surface area (Å²) in [6, 6.07) is 14.6. The van der Waals surface area contributed by atoms with Crippen LogP contribution in [0.5, 0.6) is 0 Å². The Labute approximate surface area is 145 Å². The summed E-state index contributed by atoms with van der Waals surface area (Å²) >= 11 is 0. The molecule has 0 aliphatic carbocycles. The van der Waals surface area contributed by atoms with Crippen molar-refractivity contribution in [1.29, 1.82) is 0 Å². The molecule has 0 spiro atoms. The lowest BCUT2D eigenvalue weighted by Gasteiger charge is -2.36. The lowest BCUT2D eigenvalue weighted by molar-refractivity contribution is -0.130. The van der Waals surface area contributed by atoms with Gasteiger partial charge < -0.3 is 14.8 Å². The second-order valence-electron chi connectivity index (χ2n) is 6.38. The van der Waals surface area contributed by atoms with E-state index < -0.39 is 0 Å². The van der Waals surface area contributed by atoms with E-state index in [0.717, 1.165) is 35.2 Å². The van der Waals surface area contributed by atoms with Gasteiger partial charge in [-0.3, -0.25) is 4.79 Å². The van der Waals surface area contributed by atoms with Gasteiger partial charge in [0, 0.05) is 49.0 Å². The number of hydrogen-bond acceptors (Lipinski definition) is 2. The number of aromatic amines is 1. The molecule has 1 N–H and O–H groups in total. The molecule has 0 atom stereocenters. The summed E-state index contributed by atoms with van der Waals surface area (Å²) in [6.45, 7) is 2.92. The molecule has 0 radical (unpaired) electrons. The average molecular weight is 337 g/mol. The lowest BCUT2D eigenvalue weighted by Crippen LogP contribution is -2.49. The predicted octanol–water partition coefficient (Wildman–Crippen LogP) is 3.20. The number of hydrogen-bond donors (Lipinski definition) is 1. The first-order chi connectivity index (χ1) is 12.2. The predicted molar refractivity (Wildman–Crippen MR) is 97.2 cm³/mol. The van der Waals surface area contributed by atoms with E-state index in [1.54, 1.807) is 12.1 Å². The van der Waals surface area contributed by atoms with Gasteiger partial charge in [0.2, 0.25) is 5.91 Å². The Hall–Kier alpha value is -2.82. The largest absolute Gasteiger partial charge is 0.368 e. The Morgan fingerprint density at radius 2 is 1.72 bits per heavy atom. The molecule has 25 heavy (non-hydrogen) atoms. The monoisotopic (exact) mass is 337 g/mol. The fraction of sp³-hybridized carbons (Fsp3) is 0.250. The third-order valence-electron chi connectivity index (χ3n) is 4.84. The normalized spacial score (nSPS) is 14.9. The minimum atomic E-state index is -0.226. The Bertz CT molecular complexity index is 879. The highest BCUT2D eigenvalue weighted by atomic mass is 19.1. The number of rotatable bonds is 3. The Balaban J connectivity index is 1.39. The Morgan fingerprint density at radius 1 is 1.00 bits per heavy atom. The number of benzene rings is 2. The van der Waals surface area contributed by atoms with E-state index in [2.05, 4.69) is 9.88 Å². The van der Waals surface area contributed by atoms with E-state index in [4.69, 9.17) is 0 Å². The lowest BCUT2D eigenvalue weighted by atomic mass is 10.1. The Kier molecular flexibility index (Phi) is 4.14. The summed E-state index contributed by atoms with van der Waals surface area (Å²) < 4.78 is 13.0. The number of carbonyl (C=O) groups excluding carboxylic acids is 1. The van der Waals surface area contributed by atoms with E-state index in [9.17, 15) is 9.18 Å². The van der Waals surface area contributed by atoms with Gasteiger partial charge in [0.1, 0.15) is 5.82 Å². The third kappa shape index (κ3) is 3.22. The number of carbonyl (C=O) groups is 1. The average Bonchev–Trinajstić information content (AvgIpc) is 3.06. The molecule has 1 aliphatic rings. The standard InChI is InChI=1S/C20H20FN3O/c21-16-5-7-17(8-6-16)23-9-11-24(12-10-23)20(25)13-15-14-22-19-4-2-1-3-18(15)19/h1-8,14,22H,9-13H2. The maximum atomic E-state index is 13.0. The van der Waals surface area contributed by atoms with Crippen LogP contribution in [0.3, 0.4) is 0 Å². The van der Waals surface area contributed by atoms with Crippen molar-refractivity contribution in [2.24, 2.45) is 0 Å². The number of nitrogens with zero attached hydrogens (tertiary/aromatic N) is 2. The van der Waals surface area contributed by atoms with E-state index in [1.165, 1.54) is 12.1 Å². The number of anilines is 1. The van der Waals surface area contributed by atoms with Crippen LogP contribution in [0.15, 0.2) is 54.7 Å². The number of nitrogens with one attached hydrogen (secondary N) is 1. The highest BCUT2D eigenvalue weighted by Crippen LogP contribution is 2.20. The fourth-order valence-corrected chi connectivity index (χ4v) is 3.42. The van der Waals surface area contributed by atoms with Gasteiger partial charge >= 0.3 is 0 Å². The smallest absolute Gasteiger partial charge is 0.227 e. The van der Waals surface area contributed by atoms with Gasteiger partial charge in [0.15, 0.2) is 0 Å². The molecule has 4 nitrogen and oxygen atoms in total. The van der Waals surface area contributed by atoms with Crippen LogP contribution >= 0.6 is 0 Å². The molecule has 1 amide bonds. The van der Waals surface area contributed by atoms with Gasteiger partial charge in [-0.2, -0.15) is 0 Å². The quantitative estimate of drug-likeness (QED) is 0.797. The summed E-state index contributed by atoms with van der Waals surface area (Å²) in [5.41, 5.74) is 3.11. The van der Waals surface area contributed by atoms with Gasteiger partial charge in [-0.1, -0.05) is 18.2 Å². The van der Waals surface area contributed by atoms with Crippen LogP contribution in [-0.2, 0) is 11.2 Å². The molecule has 0 bridgehead atoms. The van der Waals surface area contributed by atoms with Crippen LogP contribution in [0.4, 0.5) is 10.1 Å². The van der Waals surface area contributed by atoms with Crippen molar-refractivity contribution < 1.29 is 9.18 Å². The number of H-pyrrole nitrogens is 1. The summed E-state index contributed by atoms with van der Waals surface area (Å²) in [5.74, 6) is -0.0696. The fourth-order valence-electron chi connectivity index (χ4n) is 3.42. The minimum Gasteiger partial charge on any atom is -0.368 e. The first kappa shape index (κ1) is 15.7. The molecule has 1 aromatic heterocycles. The molecule has 128 valence electrons. The second-order valence-corrected chi connectivity index (χ2v) is 6.38. The second kappa shape index (κ2) is 6.59. The zero-order valence-electron chi connectivity index (χ0n) is 13.9. The summed E-state index contributed by atoms with van der Waals surface area (Å²) in [6.07, 6.45) is 2.35. The van der Waals surface area contributed by atoms with Gasteiger partial charge in [-0.15, -0.1) is 0 Å². The maximum Gasteiger partial charge on any atom is 0.227 e. The molecule has 2 aromatic carbocycles. The van der Waals surface area contributed by atoms with Crippen molar-refractivity contribution in [2.75, 3.05) is 31.1 Å². The molecule has 1 fully saturated rings. The zero-order chi connectivity index (χ0) is 17.2. The van der Waals surface area contributed by atoms with Crippen molar-refractivity contribution in [2.45, 2.75) is 6.42 Å². The summed E-state index contributed by atoms with van der Waals surface area (Å²) in [5, 5.41) is 1.11. The number of piperazine rings is 1. The number of amides is 1. The van der Waals surface area contributed by atoms with Gasteiger partial charge in [0.05, 0.1) is 6.42 Å². The van der Waals surface area contributed by atoms with Crippen molar-refractivity contribution in [3.8, 4) is 0 Å². The Morgan fingerprint density at radius 3 is 2.48 bits per heavy atom. The molecule has 0 unspecified atom stereocenters. The van der Waals surface area contributed by atoms with Crippen LogP contribution in [0.2, 0.25) is 0 Å².